The number of likely N-dealkylation sites (N-methyl/N-ethyl adjacent to an activating group) is 1. The molecular formula is C20H35IN4O. The molecule has 0 aliphatic carbocycles. The van der Waals surface area contributed by atoms with Crippen molar-refractivity contribution in [3.63, 3.8) is 0 Å². The van der Waals surface area contributed by atoms with E-state index < -0.39 is 0 Å². The number of anilines is 1. The van der Waals surface area contributed by atoms with E-state index in [0.717, 1.165) is 51.8 Å². The highest BCUT2D eigenvalue weighted by atomic mass is 127. The van der Waals surface area contributed by atoms with E-state index >= 15 is 0 Å². The van der Waals surface area contributed by atoms with E-state index in [4.69, 9.17) is 9.73 Å². The molecule has 6 heteroatoms. The number of hydrogen-bond donors (Lipinski definition) is 1. The normalized spacial score (nSPS) is 17.2. The number of ether oxygens (including phenoxy) is 1. The van der Waals surface area contributed by atoms with Crippen molar-refractivity contribution in [1.29, 1.82) is 0 Å². The van der Waals surface area contributed by atoms with E-state index in [-0.39, 0.29) is 24.0 Å². The van der Waals surface area contributed by atoms with Gasteiger partial charge in [0.25, 0.3) is 0 Å². The fourth-order valence-corrected chi connectivity index (χ4v) is 3.39. The van der Waals surface area contributed by atoms with Crippen LogP contribution in [0.1, 0.15) is 25.8 Å². The van der Waals surface area contributed by atoms with Crippen LogP contribution >= 0.6 is 24.0 Å². The summed E-state index contributed by atoms with van der Waals surface area (Å²) in [6.45, 7) is 13.0. The third-order valence-electron chi connectivity index (χ3n) is 4.70. The smallest absolute Gasteiger partial charge is 0.193 e. The number of nitrogens with zero attached hydrogens (tertiary/aromatic N) is 3. The number of halogens is 1. The number of guanidine groups is 1. The average molecular weight is 474 g/mol. The van der Waals surface area contributed by atoms with E-state index in [1.165, 1.54) is 17.7 Å². The van der Waals surface area contributed by atoms with Crippen molar-refractivity contribution in [3.05, 3.63) is 29.8 Å². The quantitative estimate of drug-likeness (QED) is 0.357. The molecule has 1 aromatic carbocycles. The molecule has 1 aromatic rings. The van der Waals surface area contributed by atoms with Gasteiger partial charge in [0.05, 0.1) is 13.2 Å². The summed E-state index contributed by atoms with van der Waals surface area (Å²) in [4.78, 5) is 9.63. The van der Waals surface area contributed by atoms with Crippen LogP contribution in [0.25, 0.3) is 0 Å². The molecule has 5 nitrogen and oxygen atoms in total. The number of nitrogens with one attached hydrogen (secondary N) is 1. The number of benzene rings is 1. The lowest BCUT2D eigenvalue weighted by molar-refractivity contribution is 0.157. The molecule has 148 valence electrons. The summed E-state index contributed by atoms with van der Waals surface area (Å²) in [7, 11) is 1.78. The number of aliphatic imine (C=N–C) groups is 1. The fraction of sp³-hybridized carbons (Fsp3) is 0.650. The molecule has 1 N–H and O–H groups in total. The second-order valence-electron chi connectivity index (χ2n) is 6.71. The Bertz CT molecular complexity index is 552. The van der Waals surface area contributed by atoms with Gasteiger partial charge < -0.3 is 19.9 Å². The molecule has 1 atom stereocenters. The predicted octanol–water partition coefficient (Wildman–Crippen LogP) is 3.37. The zero-order chi connectivity index (χ0) is 18.1. The fourth-order valence-electron chi connectivity index (χ4n) is 3.39. The van der Waals surface area contributed by atoms with Crippen molar-refractivity contribution in [2.75, 3.05) is 57.9 Å². The number of aryl methyl sites for hydroxylation is 1. The van der Waals surface area contributed by atoms with Gasteiger partial charge in [-0.05, 0) is 44.9 Å². The van der Waals surface area contributed by atoms with Gasteiger partial charge in [-0.15, -0.1) is 24.0 Å². The Morgan fingerprint density at radius 3 is 2.85 bits per heavy atom. The van der Waals surface area contributed by atoms with Crippen molar-refractivity contribution < 1.29 is 4.74 Å². The van der Waals surface area contributed by atoms with Crippen molar-refractivity contribution >= 4 is 35.6 Å². The van der Waals surface area contributed by atoms with Gasteiger partial charge >= 0.3 is 0 Å². The van der Waals surface area contributed by atoms with Gasteiger partial charge in [-0.3, -0.25) is 4.99 Å². The van der Waals surface area contributed by atoms with Crippen LogP contribution in [0, 0.1) is 12.8 Å². The third kappa shape index (κ3) is 6.95. The second kappa shape index (κ2) is 12.4. The van der Waals surface area contributed by atoms with Crippen molar-refractivity contribution in [2.45, 2.75) is 27.2 Å². The zero-order valence-electron chi connectivity index (χ0n) is 16.7. The largest absolute Gasteiger partial charge is 0.384 e. The summed E-state index contributed by atoms with van der Waals surface area (Å²) < 4.78 is 5.31. The Kier molecular flexibility index (Phi) is 11.0. The first-order valence-corrected chi connectivity index (χ1v) is 9.51. The van der Waals surface area contributed by atoms with Gasteiger partial charge in [-0.1, -0.05) is 12.1 Å². The molecule has 0 spiro atoms. The van der Waals surface area contributed by atoms with E-state index in [1.807, 2.05) is 0 Å². The molecule has 1 heterocycles. The van der Waals surface area contributed by atoms with Crippen LogP contribution in [0.3, 0.4) is 0 Å². The van der Waals surface area contributed by atoms with Crippen molar-refractivity contribution in [3.8, 4) is 0 Å². The number of rotatable bonds is 8. The van der Waals surface area contributed by atoms with Gasteiger partial charge in [0, 0.05) is 51.4 Å². The number of methoxy groups -OCH3 is 1. The maximum atomic E-state index is 5.31. The molecule has 0 bridgehead atoms. The summed E-state index contributed by atoms with van der Waals surface area (Å²) in [5.41, 5.74) is 2.58. The molecule has 0 amide bonds. The average Bonchev–Trinajstić information content (AvgIpc) is 3.06. The predicted molar refractivity (Wildman–Crippen MR) is 122 cm³/mol. The summed E-state index contributed by atoms with van der Waals surface area (Å²) in [6.07, 6.45) is 1.18. The molecule has 26 heavy (non-hydrogen) atoms. The Morgan fingerprint density at radius 2 is 2.19 bits per heavy atom. The van der Waals surface area contributed by atoms with Crippen LogP contribution in [0.15, 0.2) is 29.3 Å². The summed E-state index contributed by atoms with van der Waals surface area (Å²) in [5.74, 6) is 1.66. The Labute approximate surface area is 176 Å². The van der Waals surface area contributed by atoms with E-state index in [2.05, 4.69) is 60.2 Å². The first-order chi connectivity index (χ1) is 12.2. The van der Waals surface area contributed by atoms with Crippen LogP contribution in [0.5, 0.6) is 0 Å². The summed E-state index contributed by atoms with van der Waals surface area (Å²) in [5, 5.41) is 3.44. The number of likely N-dealkylation sites (tertiary alicyclic amines) is 1. The summed E-state index contributed by atoms with van der Waals surface area (Å²) in [6, 6.07) is 8.69. The lowest BCUT2D eigenvalue weighted by Gasteiger charge is -2.24. The first kappa shape index (κ1) is 23.0. The van der Waals surface area contributed by atoms with E-state index in [9.17, 15) is 0 Å². The molecule has 2 rings (SSSR count). The van der Waals surface area contributed by atoms with Crippen molar-refractivity contribution in [1.82, 2.24) is 10.2 Å². The molecular weight excluding hydrogens is 439 g/mol. The van der Waals surface area contributed by atoms with Crippen LogP contribution in [0.2, 0.25) is 0 Å². The zero-order valence-corrected chi connectivity index (χ0v) is 19.0. The van der Waals surface area contributed by atoms with Gasteiger partial charge in [-0.25, -0.2) is 0 Å². The van der Waals surface area contributed by atoms with Crippen molar-refractivity contribution in [2.24, 2.45) is 10.9 Å². The van der Waals surface area contributed by atoms with E-state index in [0.29, 0.717) is 5.92 Å². The second-order valence-corrected chi connectivity index (χ2v) is 6.71. The van der Waals surface area contributed by atoms with Gasteiger partial charge in [0.1, 0.15) is 0 Å². The number of hydrogen-bond acceptors (Lipinski definition) is 3. The lowest BCUT2D eigenvalue weighted by atomic mass is 10.1. The lowest BCUT2D eigenvalue weighted by Crippen LogP contribution is -2.41. The van der Waals surface area contributed by atoms with Crippen LogP contribution in [0.4, 0.5) is 5.69 Å². The Balaban J connectivity index is 0.00000338. The van der Waals surface area contributed by atoms with E-state index in [1.54, 1.807) is 7.11 Å². The standard InChI is InChI=1S/C20H34N4O.HI/c1-5-21-20(24-12-10-18(15-24)16-25-4)22-11-13-23(6-2)19-9-7-8-17(3)14-19;/h7-9,14,18H,5-6,10-13,15-16H2,1-4H3,(H,21,22);1H. The third-order valence-corrected chi connectivity index (χ3v) is 4.70. The van der Waals surface area contributed by atoms with Crippen LogP contribution in [-0.2, 0) is 4.74 Å². The van der Waals surface area contributed by atoms with Crippen LogP contribution in [-0.4, -0.2) is 63.8 Å². The highest BCUT2D eigenvalue weighted by Gasteiger charge is 2.24. The SMILES string of the molecule is CCNC(=NCCN(CC)c1cccc(C)c1)N1CCC(COC)C1.I. The monoisotopic (exact) mass is 474 g/mol. The minimum Gasteiger partial charge on any atom is -0.384 e. The minimum absolute atomic E-state index is 0. The molecule has 0 aromatic heterocycles. The highest BCUT2D eigenvalue weighted by molar-refractivity contribution is 14.0. The van der Waals surface area contributed by atoms with Gasteiger partial charge in [0.2, 0.25) is 0 Å². The topological polar surface area (TPSA) is 40.1 Å². The Morgan fingerprint density at radius 1 is 1.38 bits per heavy atom. The molecule has 1 saturated heterocycles. The minimum atomic E-state index is 0. The molecule has 1 unspecified atom stereocenters. The summed E-state index contributed by atoms with van der Waals surface area (Å²) >= 11 is 0. The maximum Gasteiger partial charge on any atom is 0.193 e. The Hall–Kier alpha value is -1.02. The highest BCUT2D eigenvalue weighted by Crippen LogP contribution is 2.17. The van der Waals surface area contributed by atoms with Gasteiger partial charge in [0.15, 0.2) is 5.96 Å². The molecule has 0 radical (unpaired) electrons. The molecule has 0 saturated carbocycles. The molecule has 1 fully saturated rings. The van der Waals surface area contributed by atoms with Crippen LogP contribution < -0.4 is 10.2 Å². The molecule has 1 aliphatic heterocycles. The molecule has 1 aliphatic rings. The maximum absolute atomic E-state index is 5.31. The van der Waals surface area contributed by atoms with Gasteiger partial charge in [-0.2, -0.15) is 0 Å². The first-order valence-electron chi connectivity index (χ1n) is 9.51.